The molecule has 166 valence electrons. The van der Waals surface area contributed by atoms with E-state index in [4.69, 9.17) is 9.47 Å². The number of ether oxygens (including phenoxy) is 2. The normalized spacial score (nSPS) is 10.7. The number of hydrogen-bond donors (Lipinski definition) is 2. The van der Waals surface area contributed by atoms with Crippen LogP contribution in [0, 0.1) is 10.1 Å². The van der Waals surface area contributed by atoms with Crippen LogP contribution < -0.4 is 20.2 Å². The third-order valence-corrected chi connectivity index (χ3v) is 4.89. The van der Waals surface area contributed by atoms with Gasteiger partial charge in [-0.3, -0.25) is 20.3 Å². The van der Waals surface area contributed by atoms with Gasteiger partial charge in [0.2, 0.25) is 16.8 Å². The lowest BCUT2D eigenvalue weighted by atomic mass is 10.1. The van der Waals surface area contributed by atoms with Crippen LogP contribution >= 0.6 is 11.3 Å². The molecule has 0 aliphatic heterocycles. The first-order chi connectivity index (χ1) is 15.4. The highest BCUT2D eigenvalue weighted by Gasteiger charge is 2.21. The summed E-state index contributed by atoms with van der Waals surface area (Å²) in [6.07, 6.45) is 1.44. The molecule has 10 nitrogen and oxygen atoms in total. The Hall–Kier alpha value is -3.99. The van der Waals surface area contributed by atoms with Crippen LogP contribution in [0.4, 0.5) is 16.5 Å². The van der Waals surface area contributed by atoms with Gasteiger partial charge in [0.15, 0.2) is 5.75 Å². The minimum atomic E-state index is -0.525. The summed E-state index contributed by atoms with van der Waals surface area (Å²) in [7, 11) is 1.42. The van der Waals surface area contributed by atoms with Crippen molar-refractivity contribution in [3.05, 3.63) is 57.5 Å². The molecule has 0 atom stereocenters. The van der Waals surface area contributed by atoms with Crippen LogP contribution in [0.5, 0.6) is 11.5 Å². The van der Waals surface area contributed by atoms with Gasteiger partial charge in [-0.2, -0.15) is 5.10 Å². The molecule has 3 aromatic rings. The Kier molecular flexibility index (Phi) is 7.34. The lowest BCUT2D eigenvalue weighted by molar-refractivity contribution is -0.385. The molecule has 0 radical (unpaired) electrons. The number of thiazole rings is 1. The van der Waals surface area contributed by atoms with Gasteiger partial charge in [-0.15, -0.1) is 11.3 Å². The van der Waals surface area contributed by atoms with Crippen molar-refractivity contribution < 1.29 is 19.2 Å². The third-order valence-electron chi connectivity index (χ3n) is 4.14. The SMILES string of the molecule is CCOc1c(OC)cc(/C=N\Nc2nc(-c3ccc(NC(C)=O)cc3)cs2)cc1[N+](=O)[O-]. The fraction of sp³-hybridized carbons (Fsp3) is 0.190. The predicted molar refractivity (Wildman–Crippen MR) is 124 cm³/mol. The van der Waals surface area contributed by atoms with Crippen molar-refractivity contribution in [2.24, 2.45) is 5.10 Å². The summed E-state index contributed by atoms with van der Waals surface area (Å²) < 4.78 is 10.6. The second-order valence-electron chi connectivity index (χ2n) is 6.43. The van der Waals surface area contributed by atoms with Crippen molar-refractivity contribution in [1.29, 1.82) is 0 Å². The highest BCUT2D eigenvalue weighted by atomic mass is 32.1. The number of anilines is 2. The second kappa shape index (κ2) is 10.4. The summed E-state index contributed by atoms with van der Waals surface area (Å²) in [6, 6.07) is 10.3. The van der Waals surface area contributed by atoms with E-state index in [1.807, 2.05) is 17.5 Å². The van der Waals surface area contributed by atoms with Crippen molar-refractivity contribution in [3.8, 4) is 22.8 Å². The molecule has 0 unspecified atom stereocenters. The number of amides is 1. The number of hydrogen-bond acceptors (Lipinski definition) is 9. The standard InChI is InChI=1S/C21H21N5O5S/c1-4-31-20-18(26(28)29)9-14(10-19(20)30-3)11-22-25-21-24-17(12-32-21)15-5-7-16(8-6-15)23-13(2)27/h5-12H,4H2,1-3H3,(H,23,27)(H,24,25)/b22-11-. The maximum Gasteiger partial charge on any atom is 0.315 e. The summed E-state index contributed by atoms with van der Waals surface area (Å²) in [6.45, 7) is 3.46. The average molecular weight is 455 g/mol. The van der Waals surface area contributed by atoms with Crippen LogP contribution in [0.15, 0.2) is 46.9 Å². The van der Waals surface area contributed by atoms with Gasteiger partial charge in [0.1, 0.15) is 0 Å². The monoisotopic (exact) mass is 455 g/mol. The second-order valence-corrected chi connectivity index (χ2v) is 7.29. The molecule has 1 aromatic heterocycles. The number of aromatic nitrogens is 1. The first kappa shape index (κ1) is 22.7. The lowest BCUT2D eigenvalue weighted by Gasteiger charge is -2.10. The number of nitro benzene ring substituents is 1. The van der Waals surface area contributed by atoms with E-state index in [0.29, 0.717) is 16.4 Å². The van der Waals surface area contributed by atoms with E-state index >= 15 is 0 Å². The Morgan fingerprint density at radius 2 is 2.06 bits per heavy atom. The summed E-state index contributed by atoms with van der Waals surface area (Å²) in [5.74, 6) is 0.201. The Labute approximate surface area is 188 Å². The number of nitro groups is 1. The maximum atomic E-state index is 11.4. The minimum Gasteiger partial charge on any atom is -0.493 e. The fourth-order valence-corrected chi connectivity index (χ4v) is 3.48. The molecule has 0 fully saturated rings. The largest absolute Gasteiger partial charge is 0.493 e. The van der Waals surface area contributed by atoms with Gasteiger partial charge in [-0.25, -0.2) is 4.98 Å². The van der Waals surface area contributed by atoms with Gasteiger partial charge < -0.3 is 14.8 Å². The summed E-state index contributed by atoms with van der Waals surface area (Å²) in [5, 5.41) is 20.7. The number of nitrogens with one attached hydrogen (secondary N) is 2. The molecule has 0 aliphatic carbocycles. The van der Waals surface area contributed by atoms with E-state index in [9.17, 15) is 14.9 Å². The topological polar surface area (TPSA) is 128 Å². The molecular formula is C21H21N5O5S. The number of methoxy groups -OCH3 is 1. The molecule has 0 bridgehead atoms. The van der Waals surface area contributed by atoms with Crippen LogP contribution in [-0.2, 0) is 4.79 Å². The van der Waals surface area contributed by atoms with Gasteiger partial charge >= 0.3 is 5.69 Å². The molecule has 0 aliphatic rings. The molecule has 11 heteroatoms. The molecular weight excluding hydrogens is 434 g/mol. The van der Waals surface area contributed by atoms with Gasteiger partial charge in [-0.1, -0.05) is 12.1 Å². The molecule has 1 heterocycles. The van der Waals surface area contributed by atoms with E-state index in [-0.39, 0.29) is 29.7 Å². The zero-order valence-electron chi connectivity index (χ0n) is 17.6. The van der Waals surface area contributed by atoms with E-state index in [1.165, 1.54) is 37.7 Å². The van der Waals surface area contributed by atoms with E-state index in [1.54, 1.807) is 25.1 Å². The number of hydrazone groups is 1. The van der Waals surface area contributed by atoms with Crippen LogP contribution in [0.3, 0.4) is 0 Å². The Bertz CT molecular complexity index is 1140. The average Bonchev–Trinajstić information content (AvgIpc) is 3.23. The molecule has 3 rings (SSSR count). The highest BCUT2D eigenvalue weighted by molar-refractivity contribution is 7.14. The van der Waals surface area contributed by atoms with Gasteiger partial charge in [0.05, 0.1) is 30.5 Å². The van der Waals surface area contributed by atoms with Gasteiger partial charge in [0.25, 0.3) is 0 Å². The number of carbonyl (C=O) groups is 1. The van der Waals surface area contributed by atoms with Gasteiger partial charge in [0, 0.05) is 35.2 Å². The number of carbonyl (C=O) groups excluding carboxylic acids is 1. The zero-order valence-corrected chi connectivity index (χ0v) is 18.4. The predicted octanol–water partition coefficient (Wildman–Crippen LogP) is 4.53. The number of rotatable bonds is 9. The number of nitrogens with zero attached hydrogens (tertiary/aromatic N) is 3. The molecule has 1 amide bonds. The van der Waals surface area contributed by atoms with Crippen LogP contribution in [0.2, 0.25) is 0 Å². The van der Waals surface area contributed by atoms with Crippen molar-refractivity contribution in [3.63, 3.8) is 0 Å². The first-order valence-corrected chi connectivity index (χ1v) is 10.4. The first-order valence-electron chi connectivity index (χ1n) is 9.53. The smallest absolute Gasteiger partial charge is 0.315 e. The Balaban J connectivity index is 1.73. The summed E-state index contributed by atoms with van der Waals surface area (Å²) >= 11 is 1.36. The van der Waals surface area contributed by atoms with Crippen molar-refractivity contribution in [2.75, 3.05) is 24.5 Å². The third kappa shape index (κ3) is 5.58. The molecule has 32 heavy (non-hydrogen) atoms. The summed E-state index contributed by atoms with van der Waals surface area (Å²) in [5.41, 5.74) is 5.44. The summed E-state index contributed by atoms with van der Waals surface area (Å²) in [4.78, 5) is 26.5. The van der Waals surface area contributed by atoms with E-state index in [2.05, 4.69) is 20.8 Å². The van der Waals surface area contributed by atoms with Crippen LogP contribution in [0.1, 0.15) is 19.4 Å². The van der Waals surface area contributed by atoms with Crippen LogP contribution in [0.25, 0.3) is 11.3 Å². The Morgan fingerprint density at radius 3 is 2.69 bits per heavy atom. The molecule has 0 saturated heterocycles. The van der Waals surface area contributed by atoms with Crippen molar-refractivity contribution >= 4 is 40.0 Å². The quantitative estimate of drug-likeness (QED) is 0.276. The van der Waals surface area contributed by atoms with Crippen LogP contribution in [-0.4, -0.2) is 35.7 Å². The van der Waals surface area contributed by atoms with Crippen molar-refractivity contribution in [1.82, 2.24) is 4.98 Å². The van der Waals surface area contributed by atoms with E-state index < -0.39 is 4.92 Å². The zero-order chi connectivity index (χ0) is 23.1. The molecule has 0 spiro atoms. The Morgan fingerprint density at radius 1 is 1.31 bits per heavy atom. The maximum absolute atomic E-state index is 11.4. The lowest BCUT2D eigenvalue weighted by Crippen LogP contribution is -2.05. The minimum absolute atomic E-state index is 0.0826. The highest BCUT2D eigenvalue weighted by Crippen LogP contribution is 2.38. The fourth-order valence-electron chi connectivity index (χ4n) is 2.81. The molecule has 2 aromatic carbocycles. The van der Waals surface area contributed by atoms with Gasteiger partial charge in [-0.05, 0) is 25.1 Å². The van der Waals surface area contributed by atoms with Crippen molar-refractivity contribution in [2.45, 2.75) is 13.8 Å². The molecule has 2 N–H and O–H groups in total. The number of benzene rings is 2. The van der Waals surface area contributed by atoms with E-state index in [0.717, 1.165) is 11.3 Å². The molecule has 0 saturated carbocycles.